The second-order valence-corrected chi connectivity index (χ2v) is 5.22. The van der Waals surface area contributed by atoms with E-state index in [2.05, 4.69) is 10.2 Å². The van der Waals surface area contributed by atoms with Crippen LogP contribution in [0.2, 0.25) is 5.02 Å². The maximum atomic E-state index is 12.5. The molecule has 1 aromatic rings. The van der Waals surface area contributed by atoms with Crippen molar-refractivity contribution >= 4 is 11.6 Å². The van der Waals surface area contributed by atoms with Crippen LogP contribution in [0.15, 0.2) is 12.3 Å². The zero-order chi connectivity index (χ0) is 13.9. The Morgan fingerprint density at radius 2 is 1.95 bits per heavy atom. The molecule has 1 saturated carbocycles. The molecular formula is C12H14ClF3N2O. The van der Waals surface area contributed by atoms with Crippen molar-refractivity contribution in [3.8, 4) is 5.88 Å². The van der Waals surface area contributed by atoms with Crippen molar-refractivity contribution in [2.24, 2.45) is 11.8 Å². The van der Waals surface area contributed by atoms with Gasteiger partial charge in [-0.1, -0.05) is 11.6 Å². The highest BCUT2D eigenvalue weighted by atomic mass is 35.5. The van der Waals surface area contributed by atoms with Gasteiger partial charge in [-0.2, -0.15) is 18.3 Å². The first kappa shape index (κ1) is 14.4. The first-order chi connectivity index (χ1) is 8.95. The minimum atomic E-state index is -4.07. The molecule has 1 fully saturated rings. The third-order valence-corrected chi connectivity index (χ3v) is 3.58. The minimum absolute atomic E-state index is 0.138. The number of ether oxygens (including phenoxy) is 1. The summed E-state index contributed by atoms with van der Waals surface area (Å²) < 4.78 is 42.9. The van der Waals surface area contributed by atoms with Crippen LogP contribution < -0.4 is 4.74 Å². The summed E-state index contributed by atoms with van der Waals surface area (Å²) in [5.41, 5.74) is 0. The maximum Gasteiger partial charge on any atom is 0.391 e. The molecule has 0 bridgehead atoms. The highest BCUT2D eigenvalue weighted by molar-refractivity contribution is 6.30. The molecular weight excluding hydrogens is 281 g/mol. The van der Waals surface area contributed by atoms with Gasteiger partial charge in [0.05, 0.1) is 23.7 Å². The van der Waals surface area contributed by atoms with E-state index in [1.54, 1.807) is 0 Å². The molecule has 1 heterocycles. The Morgan fingerprint density at radius 1 is 1.26 bits per heavy atom. The summed E-state index contributed by atoms with van der Waals surface area (Å²) >= 11 is 5.73. The van der Waals surface area contributed by atoms with Gasteiger partial charge in [0.2, 0.25) is 5.88 Å². The van der Waals surface area contributed by atoms with Gasteiger partial charge >= 0.3 is 6.18 Å². The molecule has 0 radical (unpaired) electrons. The van der Waals surface area contributed by atoms with Crippen LogP contribution in [0.5, 0.6) is 5.88 Å². The van der Waals surface area contributed by atoms with Gasteiger partial charge in [0, 0.05) is 6.07 Å². The summed E-state index contributed by atoms with van der Waals surface area (Å²) in [5, 5.41) is 7.80. The summed E-state index contributed by atoms with van der Waals surface area (Å²) in [4.78, 5) is 0. The summed E-state index contributed by atoms with van der Waals surface area (Å²) in [6.07, 6.45) is -1.26. The Kier molecular flexibility index (Phi) is 4.50. The van der Waals surface area contributed by atoms with Crippen molar-refractivity contribution in [3.05, 3.63) is 17.3 Å². The number of alkyl halides is 3. The fraction of sp³-hybridized carbons (Fsp3) is 0.667. The van der Waals surface area contributed by atoms with Crippen LogP contribution in [-0.2, 0) is 0 Å². The molecule has 106 valence electrons. The van der Waals surface area contributed by atoms with Gasteiger partial charge in [0.1, 0.15) is 0 Å². The number of aromatic nitrogens is 2. The smallest absolute Gasteiger partial charge is 0.391 e. The third kappa shape index (κ3) is 4.23. The molecule has 0 atom stereocenters. The molecule has 1 aliphatic rings. The topological polar surface area (TPSA) is 35.0 Å². The fourth-order valence-corrected chi connectivity index (χ4v) is 2.39. The Morgan fingerprint density at radius 3 is 2.53 bits per heavy atom. The van der Waals surface area contributed by atoms with E-state index >= 15 is 0 Å². The molecule has 0 N–H and O–H groups in total. The summed E-state index contributed by atoms with van der Waals surface area (Å²) in [7, 11) is 0. The largest absolute Gasteiger partial charge is 0.476 e. The van der Waals surface area contributed by atoms with Crippen LogP contribution in [-0.4, -0.2) is 23.0 Å². The van der Waals surface area contributed by atoms with E-state index in [1.807, 2.05) is 0 Å². The Labute approximate surface area is 114 Å². The fourth-order valence-electron chi connectivity index (χ4n) is 2.26. The average Bonchev–Trinajstić information content (AvgIpc) is 2.36. The van der Waals surface area contributed by atoms with Crippen molar-refractivity contribution < 1.29 is 17.9 Å². The molecule has 0 amide bonds. The SMILES string of the molecule is FC(F)(F)[C@H]1CC[C@H](COc2cc(Cl)cnn2)CC1. The second kappa shape index (κ2) is 5.94. The van der Waals surface area contributed by atoms with Gasteiger partial charge < -0.3 is 4.74 Å². The quantitative estimate of drug-likeness (QED) is 0.848. The predicted molar refractivity (Wildman–Crippen MR) is 64.0 cm³/mol. The van der Waals surface area contributed by atoms with E-state index in [0.29, 0.717) is 30.4 Å². The van der Waals surface area contributed by atoms with Crippen LogP contribution in [0.3, 0.4) is 0 Å². The lowest BCUT2D eigenvalue weighted by Crippen LogP contribution is -2.29. The van der Waals surface area contributed by atoms with Crippen molar-refractivity contribution in [2.75, 3.05) is 6.61 Å². The summed E-state index contributed by atoms with van der Waals surface area (Å²) in [6, 6.07) is 1.54. The molecule has 0 aromatic carbocycles. The monoisotopic (exact) mass is 294 g/mol. The molecule has 0 unspecified atom stereocenters. The third-order valence-electron chi connectivity index (χ3n) is 3.38. The lowest BCUT2D eigenvalue weighted by atomic mass is 9.82. The van der Waals surface area contributed by atoms with E-state index < -0.39 is 12.1 Å². The van der Waals surface area contributed by atoms with Gasteiger partial charge in [-0.3, -0.25) is 0 Å². The van der Waals surface area contributed by atoms with E-state index in [9.17, 15) is 13.2 Å². The molecule has 0 spiro atoms. The summed E-state index contributed by atoms with van der Waals surface area (Å²) in [5.74, 6) is -0.709. The summed E-state index contributed by atoms with van der Waals surface area (Å²) in [6.45, 7) is 0.361. The molecule has 1 aliphatic carbocycles. The molecule has 0 aliphatic heterocycles. The van der Waals surface area contributed by atoms with Crippen LogP contribution in [0.4, 0.5) is 13.2 Å². The molecule has 0 saturated heterocycles. The molecule has 1 aromatic heterocycles. The maximum absolute atomic E-state index is 12.5. The van der Waals surface area contributed by atoms with Crippen LogP contribution >= 0.6 is 11.6 Å². The van der Waals surface area contributed by atoms with Crippen molar-refractivity contribution in [2.45, 2.75) is 31.9 Å². The van der Waals surface area contributed by atoms with Gasteiger partial charge in [-0.05, 0) is 31.6 Å². The average molecular weight is 295 g/mol. The van der Waals surface area contributed by atoms with Crippen LogP contribution in [0.25, 0.3) is 0 Å². The molecule has 3 nitrogen and oxygen atoms in total. The van der Waals surface area contributed by atoms with Crippen molar-refractivity contribution in [3.63, 3.8) is 0 Å². The Hall–Kier alpha value is -1.04. The first-order valence-electron chi connectivity index (χ1n) is 6.13. The normalized spacial score (nSPS) is 24.2. The van der Waals surface area contributed by atoms with E-state index in [4.69, 9.17) is 16.3 Å². The molecule has 19 heavy (non-hydrogen) atoms. The van der Waals surface area contributed by atoms with Crippen molar-refractivity contribution in [1.29, 1.82) is 0 Å². The lowest BCUT2D eigenvalue weighted by Gasteiger charge is -2.29. The number of rotatable bonds is 3. The molecule has 7 heteroatoms. The standard InChI is InChI=1S/C12H14ClF3N2O/c13-10-5-11(18-17-6-10)19-7-8-1-3-9(4-2-8)12(14,15)16/h5-6,8-9H,1-4,7H2/t8-,9-. The van der Waals surface area contributed by atoms with Crippen LogP contribution in [0.1, 0.15) is 25.7 Å². The highest BCUT2D eigenvalue weighted by Gasteiger charge is 2.41. The van der Waals surface area contributed by atoms with E-state index in [-0.39, 0.29) is 18.8 Å². The highest BCUT2D eigenvalue weighted by Crippen LogP contribution is 2.39. The van der Waals surface area contributed by atoms with Gasteiger partial charge in [0.25, 0.3) is 0 Å². The Bertz CT molecular complexity index is 420. The minimum Gasteiger partial charge on any atom is -0.476 e. The number of hydrogen-bond acceptors (Lipinski definition) is 3. The van der Waals surface area contributed by atoms with Gasteiger partial charge in [-0.15, -0.1) is 5.10 Å². The van der Waals surface area contributed by atoms with E-state index in [1.165, 1.54) is 12.3 Å². The van der Waals surface area contributed by atoms with E-state index in [0.717, 1.165) is 0 Å². The number of hydrogen-bond donors (Lipinski definition) is 0. The van der Waals surface area contributed by atoms with Crippen molar-refractivity contribution in [1.82, 2.24) is 10.2 Å². The molecule has 2 rings (SSSR count). The predicted octanol–water partition coefficient (Wildman–Crippen LogP) is 3.88. The second-order valence-electron chi connectivity index (χ2n) is 4.78. The first-order valence-corrected chi connectivity index (χ1v) is 6.50. The van der Waals surface area contributed by atoms with Crippen LogP contribution in [0, 0.1) is 11.8 Å². The Balaban J connectivity index is 1.77. The van der Waals surface area contributed by atoms with Gasteiger partial charge in [-0.25, -0.2) is 0 Å². The lowest BCUT2D eigenvalue weighted by molar-refractivity contribution is -0.184. The number of halogens is 4. The zero-order valence-electron chi connectivity index (χ0n) is 10.2. The number of nitrogens with zero attached hydrogens (tertiary/aromatic N) is 2. The van der Waals surface area contributed by atoms with Gasteiger partial charge in [0.15, 0.2) is 0 Å². The zero-order valence-corrected chi connectivity index (χ0v) is 10.9.